The molecule has 2 aliphatic rings. The summed E-state index contributed by atoms with van der Waals surface area (Å²) >= 11 is 0. The van der Waals surface area contributed by atoms with Gasteiger partial charge in [-0.15, -0.1) is 0 Å². The lowest BCUT2D eigenvalue weighted by Gasteiger charge is -2.37. The number of hydrogen-bond acceptors (Lipinski definition) is 5. The van der Waals surface area contributed by atoms with Crippen LogP contribution in [-0.4, -0.2) is 55.2 Å². The van der Waals surface area contributed by atoms with Crippen molar-refractivity contribution >= 4 is 11.6 Å². The van der Waals surface area contributed by atoms with Crippen LogP contribution in [0.5, 0.6) is 0 Å². The van der Waals surface area contributed by atoms with Gasteiger partial charge in [0.2, 0.25) is 0 Å². The van der Waals surface area contributed by atoms with Crippen LogP contribution in [0.1, 0.15) is 32.1 Å². The first kappa shape index (κ1) is 17.5. The third-order valence-electron chi connectivity index (χ3n) is 4.64. The highest BCUT2D eigenvalue weighted by atomic mass is 19.1. The van der Waals surface area contributed by atoms with Crippen molar-refractivity contribution in [3.63, 3.8) is 0 Å². The number of nitriles is 1. The molecule has 0 saturated carbocycles. The lowest BCUT2D eigenvalue weighted by molar-refractivity contribution is -0.00539. The van der Waals surface area contributed by atoms with Gasteiger partial charge in [-0.1, -0.05) is 0 Å². The monoisotopic (exact) mass is 348 g/mol. The van der Waals surface area contributed by atoms with Gasteiger partial charge in [-0.3, -0.25) is 4.79 Å². The molecule has 6 nitrogen and oxygen atoms in total. The first-order chi connectivity index (χ1) is 12.0. The van der Waals surface area contributed by atoms with E-state index < -0.39 is 5.82 Å². The van der Waals surface area contributed by atoms with Crippen LogP contribution in [-0.2, 0) is 4.74 Å². The summed E-state index contributed by atoms with van der Waals surface area (Å²) in [5.74, 6) is -0.710. The van der Waals surface area contributed by atoms with Gasteiger partial charge in [0.15, 0.2) is 6.19 Å². The molecule has 2 aliphatic heterocycles. The number of carbonyl (C=O) groups is 1. The van der Waals surface area contributed by atoms with Gasteiger partial charge in [0.1, 0.15) is 5.82 Å². The number of carbonyl (C=O) groups excluding carboxylic acids is 1. The Kier molecular flexibility index (Phi) is 5.09. The van der Waals surface area contributed by atoms with Crippen LogP contribution >= 0.6 is 0 Å². The molecular formula is C18H25FN4O2. The molecule has 0 bridgehead atoms. The van der Waals surface area contributed by atoms with Crippen molar-refractivity contribution in [2.45, 2.75) is 38.5 Å². The number of nitrogens with one attached hydrogen (secondary N) is 1. The van der Waals surface area contributed by atoms with Crippen molar-refractivity contribution in [1.82, 2.24) is 10.2 Å². The van der Waals surface area contributed by atoms with Crippen LogP contribution in [0.4, 0.5) is 10.1 Å². The number of nitrogens with zero attached hydrogens (tertiary/aromatic N) is 3. The highest BCUT2D eigenvalue weighted by molar-refractivity contribution is 5.94. The highest BCUT2D eigenvalue weighted by Crippen LogP contribution is 2.24. The minimum absolute atomic E-state index is 0. The number of morpholine rings is 1. The van der Waals surface area contributed by atoms with Gasteiger partial charge in [-0.05, 0) is 38.5 Å². The van der Waals surface area contributed by atoms with Gasteiger partial charge < -0.3 is 19.9 Å². The molecule has 136 valence electrons. The maximum absolute atomic E-state index is 14.6. The van der Waals surface area contributed by atoms with E-state index in [1.54, 1.807) is 17.0 Å². The van der Waals surface area contributed by atoms with Gasteiger partial charge in [0.25, 0.3) is 5.91 Å². The summed E-state index contributed by atoms with van der Waals surface area (Å²) in [6, 6.07) is 4.52. The third kappa shape index (κ3) is 4.02. The van der Waals surface area contributed by atoms with E-state index in [1.165, 1.54) is 6.07 Å². The van der Waals surface area contributed by atoms with E-state index >= 15 is 0 Å². The molecule has 3 rings (SSSR count). The predicted octanol–water partition coefficient (Wildman–Crippen LogP) is 1.97. The van der Waals surface area contributed by atoms with Gasteiger partial charge >= 0.3 is 0 Å². The molecular weight excluding hydrogens is 323 g/mol. The summed E-state index contributed by atoms with van der Waals surface area (Å²) in [4.78, 5) is 15.9. The molecule has 1 N–H and O–H groups in total. The standard InChI is InChI=1S/C18H23FN4O2.H2/c1-12-8-23(9-13(2)25-12)17-4-3-14(7-16(17)19)18(24)21-15-5-6-22(10-15)11-20;/h3-4,7,12-13,15H,5-6,8-10H2,1-2H3,(H,21,24);1H/t12-,13?,15-;/m1./s1. The molecule has 1 aromatic rings. The Morgan fingerprint density at radius 3 is 2.68 bits per heavy atom. The van der Waals surface area contributed by atoms with Crippen molar-refractivity contribution in [2.75, 3.05) is 31.1 Å². The molecule has 2 fully saturated rings. The van der Waals surface area contributed by atoms with Crippen molar-refractivity contribution in [2.24, 2.45) is 0 Å². The average Bonchev–Trinajstić information content (AvgIpc) is 3.01. The number of ether oxygens (including phenoxy) is 1. The van der Waals surface area contributed by atoms with Crippen LogP contribution in [0.2, 0.25) is 0 Å². The van der Waals surface area contributed by atoms with Gasteiger partial charge in [0.05, 0.1) is 17.9 Å². The minimum Gasteiger partial charge on any atom is -0.372 e. The van der Waals surface area contributed by atoms with Crippen molar-refractivity contribution in [3.8, 4) is 6.19 Å². The van der Waals surface area contributed by atoms with Crippen LogP contribution in [0.25, 0.3) is 0 Å². The number of benzene rings is 1. The van der Waals surface area contributed by atoms with Crippen LogP contribution in [0.15, 0.2) is 18.2 Å². The summed E-state index contributed by atoms with van der Waals surface area (Å²) < 4.78 is 20.2. The van der Waals surface area contributed by atoms with Gasteiger partial charge in [0, 0.05) is 39.2 Å². The molecule has 0 aromatic heterocycles. The normalized spacial score (nSPS) is 26.4. The maximum Gasteiger partial charge on any atom is 0.251 e. The zero-order chi connectivity index (χ0) is 18.0. The minimum atomic E-state index is -0.404. The molecule has 2 saturated heterocycles. The Hall–Kier alpha value is -2.33. The molecule has 0 aliphatic carbocycles. The molecule has 1 unspecified atom stereocenters. The van der Waals surface area contributed by atoms with E-state index in [1.807, 2.05) is 18.7 Å². The van der Waals surface area contributed by atoms with Crippen molar-refractivity contribution in [1.29, 1.82) is 5.26 Å². The SMILES string of the molecule is CC1CN(c2ccc(C(=O)N[C@@H]3CCN(C#N)C3)cc2F)C[C@@H](C)O1.[HH]. The van der Waals surface area contributed by atoms with E-state index in [4.69, 9.17) is 10.00 Å². The number of rotatable bonds is 3. The molecule has 2 heterocycles. The van der Waals surface area contributed by atoms with E-state index in [9.17, 15) is 9.18 Å². The molecule has 3 atom stereocenters. The van der Waals surface area contributed by atoms with Gasteiger partial charge in [-0.2, -0.15) is 5.26 Å². The Morgan fingerprint density at radius 1 is 1.36 bits per heavy atom. The lowest BCUT2D eigenvalue weighted by Crippen LogP contribution is -2.45. The number of halogens is 1. The fourth-order valence-electron chi connectivity index (χ4n) is 3.52. The lowest BCUT2D eigenvalue weighted by atomic mass is 10.1. The largest absolute Gasteiger partial charge is 0.372 e. The fraction of sp³-hybridized carbons (Fsp3) is 0.556. The number of hydrogen-bond donors (Lipinski definition) is 1. The molecule has 7 heteroatoms. The van der Waals surface area contributed by atoms with E-state index in [0.29, 0.717) is 37.4 Å². The molecule has 0 spiro atoms. The van der Waals surface area contributed by atoms with E-state index in [-0.39, 0.29) is 25.6 Å². The van der Waals surface area contributed by atoms with Crippen LogP contribution < -0.4 is 10.2 Å². The predicted molar refractivity (Wildman–Crippen MR) is 93.8 cm³/mol. The number of anilines is 1. The molecule has 25 heavy (non-hydrogen) atoms. The quantitative estimate of drug-likeness (QED) is 0.846. The Morgan fingerprint density at radius 2 is 2.08 bits per heavy atom. The first-order valence-corrected chi connectivity index (χ1v) is 8.61. The zero-order valence-corrected chi connectivity index (χ0v) is 14.5. The summed E-state index contributed by atoms with van der Waals surface area (Å²) in [5, 5.41) is 11.7. The first-order valence-electron chi connectivity index (χ1n) is 8.61. The summed E-state index contributed by atoms with van der Waals surface area (Å²) in [6.45, 7) is 6.33. The van der Waals surface area contributed by atoms with E-state index in [0.717, 1.165) is 6.42 Å². The Balaban J connectivity index is 0.00000243. The molecule has 0 radical (unpaired) electrons. The Bertz CT molecular complexity index is 686. The number of amides is 1. The topological polar surface area (TPSA) is 68.6 Å². The second-order valence-corrected chi connectivity index (χ2v) is 6.83. The third-order valence-corrected chi connectivity index (χ3v) is 4.64. The second kappa shape index (κ2) is 7.28. The average molecular weight is 348 g/mol. The molecule has 1 amide bonds. The number of likely N-dealkylation sites (tertiary alicyclic amines) is 1. The smallest absolute Gasteiger partial charge is 0.251 e. The zero-order valence-electron chi connectivity index (χ0n) is 14.5. The van der Waals surface area contributed by atoms with E-state index in [2.05, 4.69) is 11.5 Å². The summed E-state index contributed by atoms with van der Waals surface area (Å²) in [7, 11) is 0. The summed E-state index contributed by atoms with van der Waals surface area (Å²) in [5.41, 5.74) is 0.793. The van der Waals surface area contributed by atoms with Crippen LogP contribution in [0, 0.1) is 17.3 Å². The van der Waals surface area contributed by atoms with Crippen molar-refractivity contribution < 1.29 is 15.3 Å². The fourth-order valence-corrected chi connectivity index (χ4v) is 3.52. The summed E-state index contributed by atoms with van der Waals surface area (Å²) in [6.07, 6.45) is 2.88. The second-order valence-electron chi connectivity index (χ2n) is 6.83. The highest BCUT2D eigenvalue weighted by Gasteiger charge is 2.26. The maximum atomic E-state index is 14.6. The van der Waals surface area contributed by atoms with Crippen LogP contribution in [0.3, 0.4) is 0 Å². The van der Waals surface area contributed by atoms with Gasteiger partial charge in [-0.25, -0.2) is 4.39 Å². The Labute approximate surface area is 148 Å². The molecule has 1 aromatic carbocycles. The van der Waals surface area contributed by atoms with Crippen molar-refractivity contribution in [3.05, 3.63) is 29.6 Å².